The van der Waals surface area contributed by atoms with Gasteiger partial charge in [0, 0.05) is 25.0 Å². The molecule has 1 saturated heterocycles. The SMILES string of the molecule is C=CC(=O)N1CCC(C(=O)NC2CC(c3ccc(Cl)c(Cl)c3)C2)CC1. The Morgan fingerprint density at radius 3 is 2.44 bits per heavy atom. The minimum absolute atomic E-state index is 0.00195. The van der Waals surface area contributed by atoms with E-state index >= 15 is 0 Å². The highest BCUT2D eigenvalue weighted by Gasteiger charge is 2.34. The third-order valence-electron chi connectivity index (χ3n) is 5.25. The third-order valence-corrected chi connectivity index (χ3v) is 5.99. The molecule has 1 saturated carbocycles. The molecule has 0 atom stereocenters. The van der Waals surface area contributed by atoms with E-state index in [1.165, 1.54) is 11.6 Å². The Kier molecular flexibility index (Phi) is 5.70. The van der Waals surface area contributed by atoms with Crippen LogP contribution in [0.2, 0.25) is 10.0 Å². The number of halogens is 2. The van der Waals surface area contributed by atoms with Crippen LogP contribution >= 0.6 is 23.2 Å². The number of benzene rings is 1. The van der Waals surface area contributed by atoms with Crippen LogP contribution in [0.1, 0.15) is 37.2 Å². The van der Waals surface area contributed by atoms with E-state index < -0.39 is 0 Å². The Morgan fingerprint density at radius 2 is 1.84 bits per heavy atom. The first kappa shape index (κ1) is 18.3. The molecular formula is C19H22Cl2N2O2. The van der Waals surface area contributed by atoms with Crippen molar-refractivity contribution >= 4 is 35.0 Å². The molecule has 2 amide bonds. The van der Waals surface area contributed by atoms with Gasteiger partial charge >= 0.3 is 0 Å². The van der Waals surface area contributed by atoms with Crippen molar-refractivity contribution in [3.63, 3.8) is 0 Å². The Labute approximate surface area is 158 Å². The molecule has 1 aliphatic heterocycles. The fourth-order valence-corrected chi connectivity index (χ4v) is 3.89. The maximum atomic E-state index is 12.4. The van der Waals surface area contributed by atoms with Crippen LogP contribution in [0.25, 0.3) is 0 Å². The topological polar surface area (TPSA) is 49.4 Å². The minimum atomic E-state index is -0.0534. The van der Waals surface area contributed by atoms with Gasteiger partial charge in [-0.2, -0.15) is 0 Å². The molecular weight excluding hydrogens is 359 g/mol. The molecule has 4 nitrogen and oxygen atoms in total. The van der Waals surface area contributed by atoms with Crippen LogP contribution in [0.5, 0.6) is 0 Å². The van der Waals surface area contributed by atoms with Crippen LogP contribution in [-0.2, 0) is 9.59 Å². The number of likely N-dealkylation sites (tertiary alicyclic amines) is 1. The number of carbonyl (C=O) groups is 2. The molecule has 2 aliphatic rings. The molecule has 1 aromatic carbocycles. The van der Waals surface area contributed by atoms with Crippen molar-refractivity contribution in [2.45, 2.75) is 37.6 Å². The van der Waals surface area contributed by atoms with Gasteiger partial charge in [0.15, 0.2) is 0 Å². The average Bonchev–Trinajstić information content (AvgIpc) is 2.59. The fraction of sp³-hybridized carbons (Fsp3) is 0.474. The lowest BCUT2D eigenvalue weighted by Gasteiger charge is -2.38. The molecule has 1 heterocycles. The van der Waals surface area contributed by atoms with E-state index in [-0.39, 0.29) is 23.8 Å². The third kappa shape index (κ3) is 4.18. The first-order valence-electron chi connectivity index (χ1n) is 8.64. The Bertz CT molecular complexity index is 678. The van der Waals surface area contributed by atoms with Crippen LogP contribution in [0, 0.1) is 5.92 Å². The van der Waals surface area contributed by atoms with Gasteiger partial charge in [0.1, 0.15) is 0 Å². The van der Waals surface area contributed by atoms with E-state index in [9.17, 15) is 9.59 Å². The summed E-state index contributed by atoms with van der Waals surface area (Å²) >= 11 is 12.0. The number of amides is 2. The molecule has 0 unspecified atom stereocenters. The summed E-state index contributed by atoms with van der Waals surface area (Å²) in [6, 6.07) is 5.96. The molecule has 1 aliphatic carbocycles. The van der Waals surface area contributed by atoms with E-state index in [0.717, 1.165) is 12.8 Å². The summed E-state index contributed by atoms with van der Waals surface area (Å²) in [7, 11) is 0. The lowest BCUT2D eigenvalue weighted by Crippen LogP contribution is -2.48. The van der Waals surface area contributed by atoms with Crippen LogP contribution in [-0.4, -0.2) is 35.8 Å². The predicted octanol–water partition coefficient (Wildman–Crippen LogP) is 3.78. The average molecular weight is 381 g/mol. The van der Waals surface area contributed by atoms with Crippen molar-refractivity contribution in [3.05, 3.63) is 46.5 Å². The number of carbonyl (C=O) groups excluding carboxylic acids is 2. The Hall–Kier alpha value is -1.52. The van der Waals surface area contributed by atoms with E-state index in [2.05, 4.69) is 11.9 Å². The van der Waals surface area contributed by atoms with Gasteiger partial charge in [-0.25, -0.2) is 0 Å². The van der Waals surface area contributed by atoms with Crippen molar-refractivity contribution in [1.82, 2.24) is 10.2 Å². The molecule has 3 rings (SSSR count). The van der Waals surface area contributed by atoms with Crippen LogP contribution < -0.4 is 5.32 Å². The summed E-state index contributed by atoms with van der Waals surface area (Å²) in [5, 5.41) is 4.29. The standard InChI is InChI=1S/C19H22Cl2N2O2/c1-2-18(24)23-7-5-12(6-8-23)19(25)22-15-9-14(10-15)13-3-4-16(20)17(21)11-13/h2-4,11-12,14-15H,1,5-10H2,(H,22,25). The zero-order valence-electron chi connectivity index (χ0n) is 14.0. The second-order valence-corrected chi connectivity index (χ2v) is 7.67. The quantitative estimate of drug-likeness (QED) is 0.807. The molecule has 2 fully saturated rings. The maximum absolute atomic E-state index is 12.4. The number of hydrogen-bond donors (Lipinski definition) is 1. The van der Waals surface area contributed by atoms with Crippen molar-refractivity contribution in [1.29, 1.82) is 0 Å². The van der Waals surface area contributed by atoms with Crippen LogP contribution in [0.4, 0.5) is 0 Å². The number of hydrogen-bond acceptors (Lipinski definition) is 2. The first-order valence-corrected chi connectivity index (χ1v) is 9.40. The van der Waals surface area contributed by atoms with Gasteiger partial charge in [0.25, 0.3) is 0 Å². The molecule has 0 radical (unpaired) electrons. The normalized spacial score (nSPS) is 23.7. The molecule has 0 aromatic heterocycles. The van der Waals surface area contributed by atoms with Gasteiger partial charge in [0.2, 0.25) is 11.8 Å². The lowest BCUT2D eigenvalue weighted by molar-refractivity contribution is -0.132. The van der Waals surface area contributed by atoms with Gasteiger partial charge in [-0.3, -0.25) is 9.59 Å². The van der Waals surface area contributed by atoms with Gasteiger partial charge in [-0.1, -0.05) is 35.8 Å². The number of piperidine rings is 1. The summed E-state index contributed by atoms with van der Waals surface area (Å²) in [6.07, 6.45) is 4.62. The largest absolute Gasteiger partial charge is 0.353 e. The van der Waals surface area contributed by atoms with Gasteiger partial charge in [0.05, 0.1) is 10.0 Å². The number of rotatable bonds is 4. The van der Waals surface area contributed by atoms with E-state index in [0.29, 0.717) is 41.9 Å². The van der Waals surface area contributed by atoms with E-state index in [4.69, 9.17) is 23.2 Å². The minimum Gasteiger partial charge on any atom is -0.353 e. The van der Waals surface area contributed by atoms with E-state index in [1.54, 1.807) is 4.90 Å². The van der Waals surface area contributed by atoms with Crippen molar-refractivity contribution in [2.24, 2.45) is 5.92 Å². The highest BCUT2D eigenvalue weighted by molar-refractivity contribution is 6.42. The molecule has 25 heavy (non-hydrogen) atoms. The van der Waals surface area contributed by atoms with Gasteiger partial charge < -0.3 is 10.2 Å². The maximum Gasteiger partial charge on any atom is 0.245 e. The first-order chi connectivity index (χ1) is 12.0. The number of nitrogens with zero attached hydrogens (tertiary/aromatic N) is 1. The summed E-state index contributed by atoms with van der Waals surface area (Å²) in [6.45, 7) is 4.75. The highest BCUT2D eigenvalue weighted by Crippen LogP contribution is 2.39. The van der Waals surface area contributed by atoms with Crippen molar-refractivity contribution < 1.29 is 9.59 Å². The van der Waals surface area contributed by atoms with Crippen LogP contribution in [0.3, 0.4) is 0 Å². The lowest BCUT2D eigenvalue weighted by atomic mass is 9.75. The number of nitrogens with one attached hydrogen (secondary N) is 1. The molecule has 0 spiro atoms. The zero-order chi connectivity index (χ0) is 18.0. The Balaban J connectivity index is 1.44. The Morgan fingerprint density at radius 1 is 1.16 bits per heavy atom. The molecule has 1 N–H and O–H groups in total. The molecule has 0 bridgehead atoms. The van der Waals surface area contributed by atoms with Gasteiger partial charge in [-0.15, -0.1) is 0 Å². The zero-order valence-corrected chi connectivity index (χ0v) is 15.5. The van der Waals surface area contributed by atoms with Gasteiger partial charge in [-0.05, 0) is 55.4 Å². The highest BCUT2D eigenvalue weighted by atomic mass is 35.5. The second-order valence-electron chi connectivity index (χ2n) is 6.85. The predicted molar refractivity (Wildman–Crippen MR) is 99.9 cm³/mol. The van der Waals surface area contributed by atoms with Crippen molar-refractivity contribution in [3.8, 4) is 0 Å². The van der Waals surface area contributed by atoms with E-state index in [1.807, 2.05) is 18.2 Å². The summed E-state index contributed by atoms with van der Waals surface area (Å²) in [4.78, 5) is 25.7. The van der Waals surface area contributed by atoms with Crippen molar-refractivity contribution in [2.75, 3.05) is 13.1 Å². The fourth-order valence-electron chi connectivity index (χ4n) is 3.58. The van der Waals surface area contributed by atoms with Crippen LogP contribution in [0.15, 0.2) is 30.9 Å². The summed E-state index contributed by atoms with van der Waals surface area (Å²) in [5.74, 6) is 0.482. The molecule has 6 heteroatoms. The molecule has 1 aromatic rings. The second kappa shape index (κ2) is 7.79. The summed E-state index contributed by atoms with van der Waals surface area (Å²) in [5.41, 5.74) is 1.18. The summed E-state index contributed by atoms with van der Waals surface area (Å²) < 4.78 is 0. The monoisotopic (exact) mass is 380 g/mol. The molecule has 134 valence electrons. The smallest absolute Gasteiger partial charge is 0.245 e.